The lowest BCUT2D eigenvalue weighted by molar-refractivity contribution is 0.103. The molecule has 0 spiro atoms. The van der Waals surface area contributed by atoms with Gasteiger partial charge in [-0.25, -0.2) is 13.4 Å². The van der Waals surface area contributed by atoms with E-state index in [-0.39, 0.29) is 10.7 Å². The van der Waals surface area contributed by atoms with Crippen molar-refractivity contribution in [3.8, 4) is 0 Å². The van der Waals surface area contributed by atoms with Crippen LogP contribution in [0.2, 0.25) is 0 Å². The van der Waals surface area contributed by atoms with Gasteiger partial charge in [0, 0.05) is 18.9 Å². The van der Waals surface area contributed by atoms with Crippen LogP contribution < -0.4 is 0 Å². The Morgan fingerprint density at radius 3 is 2.53 bits per heavy atom. The number of hydrogen-bond acceptors (Lipinski definition) is 4. The highest BCUT2D eigenvalue weighted by molar-refractivity contribution is 7.90. The number of aromatic nitrogens is 2. The van der Waals surface area contributed by atoms with Gasteiger partial charge >= 0.3 is 0 Å². The lowest BCUT2D eigenvalue weighted by atomic mass is 10.1. The lowest BCUT2D eigenvalue weighted by Crippen LogP contribution is -2.09. The van der Waals surface area contributed by atoms with Gasteiger partial charge in [-0.1, -0.05) is 12.1 Å². The molecule has 100 valence electrons. The van der Waals surface area contributed by atoms with Crippen LogP contribution in [0.25, 0.3) is 0 Å². The molecule has 0 fully saturated rings. The lowest BCUT2D eigenvalue weighted by Gasteiger charge is -2.05. The Bertz CT molecular complexity index is 745. The van der Waals surface area contributed by atoms with Gasteiger partial charge in [0.25, 0.3) is 0 Å². The summed E-state index contributed by atoms with van der Waals surface area (Å²) in [5.74, 6) is 0.483. The topological polar surface area (TPSA) is 69.0 Å². The summed E-state index contributed by atoms with van der Waals surface area (Å²) in [7, 11) is -1.57. The van der Waals surface area contributed by atoms with Crippen LogP contribution in [-0.2, 0) is 16.9 Å². The van der Waals surface area contributed by atoms with E-state index in [0.717, 1.165) is 12.1 Å². The summed E-state index contributed by atoms with van der Waals surface area (Å²) in [6, 6.07) is 6.02. The molecular weight excluding hydrogens is 264 g/mol. The molecule has 0 saturated heterocycles. The molecule has 5 nitrogen and oxygen atoms in total. The van der Waals surface area contributed by atoms with Crippen LogP contribution in [0.1, 0.15) is 21.9 Å². The molecular formula is C13H14N2O3S. The number of hydrogen-bond donors (Lipinski definition) is 0. The van der Waals surface area contributed by atoms with Gasteiger partial charge in [-0.2, -0.15) is 0 Å². The minimum Gasteiger partial charge on any atom is -0.329 e. The fourth-order valence-corrected chi connectivity index (χ4v) is 2.40. The largest absolute Gasteiger partial charge is 0.329 e. The molecule has 0 radical (unpaired) electrons. The molecule has 0 N–H and O–H groups in total. The predicted molar refractivity (Wildman–Crippen MR) is 70.9 cm³/mol. The Hall–Kier alpha value is -1.95. The van der Waals surface area contributed by atoms with E-state index in [0.29, 0.717) is 11.3 Å². The quantitative estimate of drug-likeness (QED) is 0.795. The first-order valence-electron chi connectivity index (χ1n) is 5.64. The zero-order chi connectivity index (χ0) is 14.2. The second kappa shape index (κ2) is 4.62. The Labute approximate surface area is 111 Å². The maximum Gasteiger partial charge on any atom is 0.211 e. The van der Waals surface area contributed by atoms with E-state index >= 15 is 0 Å². The zero-order valence-electron chi connectivity index (χ0n) is 10.9. The molecule has 0 bridgehead atoms. The van der Waals surface area contributed by atoms with E-state index in [1.54, 1.807) is 30.7 Å². The summed E-state index contributed by atoms with van der Waals surface area (Å²) >= 11 is 0. The number of imidazole rings is 1. The third-order valence-electron chi connectivity index (χ3n) is 2.98. The molecule has 0 amide bonds. The van der Waals surface area contributed by atoms with Crippen LogP contribution in [-0.4, -0.2) is 30.0 Å². The number of benzene rings is 1. The van der Waals surface area contributed by atoms with Crippen molar-refractivity contribution in [2.45, 2.75) is 11.8 Å². The first-order chi connectivity index (χ1) is 8.80. The van der Waals surface area contributed by atoms with Crippen molar-refractivity contribution in [2.75, 3.05) is 6.26 Å². The molecule has 0 saturated carbocycles. The van der Waals surface area contributed by atoms with Crippen LogP contribution in [0.3, 0.4) is 0 Å². The second-order valence-corrected chi connectivity index (χ2v) is 6.39. The molecule has 2 aromatic rings. The smallest absolute Gasteiger partial charge is 0.211 e. The highest BCUT2D eigenvalue weighted by atomic mass is 32.2. The Kier molecular flexibility index (Phi) is 3.28. The predicted octanol–water partition coefficient (Wildman–Crippen LogP) is 1.36. The van der Waals surface area contributed by atoms with E-state index in [2.05, 4.69) is 4.98 Å². The normalized spacial score (nSPS) is 11.5. The van der Waals surface area contributed by atoms with Crippen LogP contribution in [0, 0.1) is 6.92 Å². The van der Waals surface area contributed by atoms with E-state index in [1.165, 1.54) is 18.3 Å². The van der Waals surface area contributed by atoms with Crippen LogP contribution in [0.4, 0.5) is 0 Å². The highest BCUT2D eigenvalue weighted by Gasteiger charge is 2.16. The van der Waals surface area contributed by atoms with Crippen molar-refractivity contribution in [2.24, 2.45) is 7.05 Å². The summed E-state index contributed by atoms with van der Waals surface area (Å²) in [4.78, 5) is 16.5. The molecule has 0 aliphatic carbocycles. The number of aryl methyl sites for hydroxylation is 1. The van der Waals surface area contributed by atoms with E-state index < -0.39 is 9.84 Å². The van der Waals surface area contributed by atoms with Gasteiger partial charge in [0.1, 0.15) is 11.5 Å². The Morgan fingerprint density at radius 2 is 2.00 bits per heavy atom. The monoisotopic (exact) mass is 278 g/mol. The third-order valence-corrected chi connectivity index (χ3v) is 4.09. The van der Waals surface area contributed by atoms with Crippen molar-refractivity contribution in [3.05, 3.63) is 47.5 Å². The average molecular weight is 278 g/mol. The summed E-state index contributed by atoms with van der Waals surface area (Å²) < 4.78 is 24.6. The fraction of sp³-hybridized carbons (Fsp3) is 0.231. The Balaban J connectivity index is 2.49. The highest BCUT2D eigenvalue weighted by Crippen LogP contribution is 2.15. The van der Waals surface area contributed by atoms with Gasteiger partial charge < -0.3 is 4.57 Å². The first-order valence-corrected chi connectivity index (χ1v) is 7.53. The maximum atomic E-state index is 12.3. The van der Waals surface area contributed by atoms with Gasteiger partial charge in [-0.15, -0.1) is 0 Å². The molecule has 0 aliphatic heterocycles. The number of rotatable bonds is 3. The van der Waals surface area contributed by atoms with E-state index in [9.17, 15) is 13.2 Å². The van der Waals surface area contributed by atoms with Gasteiger partial charge in [0.2, 0.25) is 5.78 Å². The fourth-order valence-electron chi connectivity index (χ4n) is 1.73. The second-order valence-electron chi connectivity index (χ2n) is 4.38. The SMILES string of the molecule is Cc1ncc(C(=O)c2cccc(S(C)(=O)=O)c2)n1C. The molecule has 2 rings (SSSR count). The molecule has 19 heavy (non-hydrogen) atoms. The molecule has 1 aromatic heterocycles. The number of carbonyl (C=O) groups excluding carboxylic acids is 1. The number of ketones is 1. The molecule has 0 aliphatic rings. The van der Waals surface area contributed by atoms with Crippen molar-refractivity contribution in [3.63, 3.8) is 0 Å². The zero-order valence-corrected chi connectivity index (χ0v) is 11.7. The van der Waals surface area contributed by atoms with Crippen molar-refractivity contribution in [1.82, 2.24) is 9.55 Å². The van der Waals surface area contributed by atoms with Gasteiger partial charge in [-0.05, 0) is 19.1 Å². The van der Waals surface area contributed by atoms with Gasteiger partial charge in [0.15, 0.2) is 9.84 Å². The molecule has 0 unspecified atom stereocenters. The third kappa shape index (κ3) is 2.58. The number of carbonyl (C=O) groups is 1. The van der Waals surface area contributed by atoms with Crippen molar-refractivity contribution < 1.29 is 13.2 Å². The van der Waals surface area contributed by atoms with Crippen LogP contribution in [0.5, 0.6) is 0 Å². The Morgan fingerprint density at radius 1 is 1.32 bits per heavy atom. The standard InChI is InChI=1S/C13H14N2O3S/c1-9-14-8-12(15(9)2)13(16)10-5-4-6-11(7-10)19(3,17)18/h4-8H,1-3H3. The minimum atomic E-state index is -3.32. The summed E-state index contributed by atoms with van der Waals surface area (Å²) in [6.45, 7) is 1.80. The molecule has 1 aromatic carbocycles. The van der Waals surface area contributed by atoms with Crippen molar-refractivity contribution in [1.29, 1.82) is 0 Å². The summed E-state index contributed by atoms with van der Waals surface area (Å²) in [5.41, 5.74) is 0.772. The van der Waals surface area contributed by atoms with Crippen LogP contribution in [0.15, 0.2) is 35.4 Å². The van der Waals surface area contributed by atoms with E-state index in [1.807, 2.05) is 0 Å². The number of sulfone groups is 1. The minimum absolute atomic E-state index is 0.136. The summed E-state index contributed by atoms with van der Waals surface area (Å²) in [6.07, 6.45) is 2.61. The van der Waals surface area contributed by atoms with Gasteiger partial charge in [-0.3, -0.25) is 4.79 Å². The molecule has 0 atom stereocenters. The maximum absolute atomic E-state index is 12.3. The van der Waals surface area contributed by atoms with Crippen molar-refractivity contribution >= 4 is 15.6 Å². The molecule has 6 heteroatoms. The van der Waals surface area contributed by atoms with E-state index in [4.69, 9.17) is 0 Å². The number of nitrogens with zero attached hydrogens (tertiary/aromatic N) is 2. The summed E-state index contributed by atoms with van der Waals surface area (Å²) in [5, 5.41) is 0. The molecule has 1 heterocycles. The average Bonchev–Trinajstić information content (AvgIpc) is 2.68. The first kappa shape index (κ1) is 13.5. The van der Waals surface area contributed by atoms with Gasteiger partial charge in [0.05, 0.1) is 11.1 Å². The van der Waals surface area contributed by atoms with Crippen LogP contribution >= 0.6 is 0 Å².